The maximum Gasteiger partial charge on any atom is 0.243 e. The van der Waals surface area contributed by atoms with E-state index < -0.39 is 0 Å². The Bertz CT molecular complexity index is 154. The number of rotatable bonds is 5. The smallest absolute Gasteiger partial charge is 0.243 e. The van der Waals surface area contributed by atoms with Gasteiger partial charge in [0.25, 0.3) is 0 Å². The summed E-state index contributed by atoms with van der Waals surface area (Å²) in [6, 6.07) is 0. The Morgan fingerprint density at radius 1 is 1.75 bits per heavy atom. The molecule has 0 heterocycles. The lowest BCUT2D eigenvalue weighted by Crippen LogP contribution is -2.36. The SMILES string of the molecule is C=C(OO)N(CCC)C(=O)CN. The molecule has 0 spiro atoms. The van der Waals surface area contributed by atoms with Crippen LogP contribution in [0.3, 0.4) is 0 Å². The molecule has 0 aromatic carbocycles. The van der Waals surface area contributed by atoms with Crippen molar-refractivity contribution >= 4 is 5.91 Å². The predicted molar refractivity (Wildman–Crippen MR) is 43.9 cm³/mol. The molecule has 0 bridgehead atoms. The van der Waals surface area contributed by atoms with Gasteiger partial charge in [-0.3, -0.25) is 9.69 Å². The van der Waals surface area contributed by atoms with Gasteiger partial charge in [-0.05, 0) is 13.0 Å². The second-order valence-electron chi connectivity index (χ2n) is 2.23. The number of amides is 1. The Morgan fingerprint density at radius 3 is 2.67 bits per heavy atom. The zero-order valence-corrected chi connectivity index (χ0v) is 7.12. The molecule has 70 valence electrons. The standard InChI is InChI=1S/C7H14N2O3/c1-3-4-9(6(2)12-11)7(10)5-8/h11H,2-5,8H2,1H3. The van der Waals surface area contributed by atoms with E-state index in [1.165, 1.54) is 4.90 Å². The Morgan fingerprint density at radius 2 is 2.33 bits per heavy atom. The van der Waals surface area contributed by atoms with Crippen LogP contribution in [0.25, 0.3) is 0 Å². The Balaban J connectivity index is 4.21. The monoisotopic (exact) mass is 174 g/mol. The van der Waals surface area contributed by atoms with Gasteiger partial charge in [0.15, 0.2) is 0 Å². The number of hydrogen-bond donors (Lipinski definition) is 2. The molecular weight excluding hydrogens is 160 g/mol. The largest absolute Gasteiger partial charge is 0.322 e. The molecule has 0 aliphatic heterocycles. The van der Waals surface area contributed by atoms with Crippen LogP contribution in [-0.2, 0) is 9.68 Å². The fraction of sp³-hybridized carbons (Fsp3) is 0.571. The van der Waals surface area contributed by atoms with Crippen molar-refractivity contribution in [1.29, 1.82) is 0 Å². The van der Waals surface area contributed by atoms with Crippen LogP contribution in [0.5, 0.6) is 0 Å². The van der Waals surface area contributed by atoms with Crippen LogP contribution in [0, 0.1) is 0 Å². The molecule has 3 N–H and O–H groups in total. The van der Waals surface area contributed by atoms with Crippen LogP contribution >= 0.6 is 0 Å². The minimum absolute atomic E-state index is 0.0905. The number of carbonyl (C=O) groups excluding carboxylic acids is 1. The molecule has 0 aromatic rings. The first-order valence-corrected chi connectivity index (χ1v) is 3.68. The van der Waals surface area contributed by atoms with Gasteiger partial charge < -0.3 is 10.6 Å². The predicted octanol–water partition coefficient (Wildman–Crippen LogP) is 0.145. The van der Waals surface area contributed by atoms with Crippen LogP contribution in [0.4, 0.5) is 0 Å². The molecule has 0 rings (SSSR count). The van der Waals surface area contributed by atoms with Crippen molar-refractivity contribution in [2.24, 2.45) is 5.73 Å². The second kappa shape index (κ2) is 5.56. The van der Waals surface area contributed by atoms with Crippen LogP contribution in [0.15, 0.2) is 12.5 Å². The lowest BCUT2D eigenvalue weighted by molar-refractivity contribution is -0.223. The second-order valence-corrected chi connectivity index (χ2v) is 2.23. The van der Waals surface area contributed by atoms with Crippen molar-refractivity contribution < 1.29 is 14.9 Å². The zero-order chi connectivity index (χ0) is 9.56. The molecule has 0 aliphatic rings. The molecule has 0 fully saturated rings. The minimum Gasteiger partial charge on any atom is -0.322 e. The summed E-state index contributed by atoms with van der Waals surface area (Å²) in [5.41, 5.74) is 5.13. The highest BCUT2D eigenvalue weighted by Crippen LogP contribution is 2.02. The van der Waals surface area contributed by atoms with E-state index in [0.717, 1.165) is 6.42 Å². The molecule has 5 heteroatoms. The third-order valence-corrected chi connectivity index (χ3v) is 1.33. The van der Waals surface area contributed by atoms with Gasteiger partial charge >= 0.3 is 0 Å². The van der Waals surface area contributed by atoms with Crippen molar-refractivity contribution in [2.75, 3.05) is 13.1 Å². The lowest BCUT2D eigenvalue weighted by atomic mass is 10.4. The zero-order valence-electron chi connectivity index (χ0n) is 7.12. The summed E-state index contributed by atoms with van der Waals surface area (Å²) >= 11 is 0. The van der Waals surface area contributed by atoms with Crippen LogP contribution < -0.4 is 5.73 Å². The highest BCUT2D eigenvalue weighted by atomic mass is 17.1. The third kappa shape index (κ3) is 2.89. The molecule has 0 aromatic heterocycles. The van der Waals surface area contributed by atoms with Crippen LogP contribution in [0.2, 0.25) is 0 Å². The van der Waals surface area contributed by atoms with Gasteiger partial charge in [0.1, 0.15) is 0 Å². The molecular formula is C7H14N2O3. The third-order valence-electron chi connectivity index (χ3n) is 1.33. The molecule has 1 amide bonds. The van der Waals surface area contributed by atoms with Gasteiger partial charge in [0.05, 0.1) is 6.54 Å². The first-order valence-electron chi connectivity index (χ1n) is 3.68. The highest BCUT2D eigenvalue weighted by molar-refractivity contribution is 5.79. The van der Waals surface area contributed by atoms with Gasteiger partial charge in [-0.15, -0.1) is 0 Å². The molecule has 12 heavy (non-hydrogen) atoms. The van der Waals surface area contributed by atoms with Crippen LogP contribution in [0.1, 0.15) is 13.3 Å². The minimum atomic E-state index is -0.323. The summed E-state index contributed by atoms with van der Waals surface area (Å²) in [6.07, 6.45) is 0.744. The van der Waals surface area contributed by atoms with Crippen molar-refractivity contribution in [3.63, 3.8) is 0 Å². The quantitative estimate of drug-likeness (QED) is 0.353. The van der Waals surface area contributed by atoms with Crippen molar-refractivity contribution in [3.8, 4) is 0 Å². The van der Waals surface area contributed by atoms with E-state index in [-0.39, 0.29) is 18.3 Å². The summed E-state index contributed by atoms with van der Waals surface area (Å²) in [5, 5.41) is 8.24. The molecule has 0 radical (unpaired) electrons. The van der Waals surface area contributed by atoms with E-state index in [0.29, 0.717) is 6.54 Å². The summed E-state index contributed by atoms with van der Waals surface area (Å²) in [7, 11) is 0. The van der Waals surface area contributed by atoms with Gasteiger partial charge in [-0.2, -0.15) is 0 Å². The summed E-state index contributed by atoms with van der Waals surface area (Å²) in [5.74, 6) is -0.414. The fourth-order valence-corrected chi connectivity index (χ4v) is 0.772. The van der Waals surface area contributed by atoms with Gasteiger partial charge in [-0.1, -0.05) is 6.92 Å². The Hall–Kier alpha value is -1.07. The summed E-state index contributed by atoms with van der Waals surface area (Å²) in [4.78, 5) is 16.1. The fourth-order valence-electron chi connectivity index (χ4n) is 0.772. The Kier molecular flexibility index (Phi) is 5.07. The maximum atomic E-state index is 11.1. The summed E-state index contributed by atoms with van der Waals surface area (Å²) < 4.78 is 0. The van der Waals surface area contributed by atoms with Gasteiger partial charge in [0.2, 0.25) is 11.8 Å². The first kappa shape index (κ1) is 10.9. The molecule has 0 saturated heterocycles. The van der Waals surface area contributed by atoms with Crippen molar-refractivity contribution in [1.82, 2.24) is 4.90 Å². The lowest BCUT2D eigenvalue weighted by Gasteiger charge is -2.20. The molecule has 0 unspecified atom stereocenters. The molecule has 0 atom stereocenters. The van der Waals surface area contributed by atoms with E-state index in [1.807, 2.05) is 6.92 Å². The molecule has 0 aliphatic carbocycles. The van der Waals surface area contributed by atoms with E-state index in [4.69, 9.17) is 11.0 Å². The van der Waals surface area contributed by atoms with E-state index >= 15 is 0 Å². The van der Waals surface area contributed by atoms with Crippen molar-refractivity contribution in [3.05, 3.63) is 12.5 Å². The van der Waals surface area contributed by atoms with Gasteiger partial charge in [0, 0.05) is 6.54 Å². The maximum absolute atomic E-state index is 11.1. The number of nitrogens with zero attached hydrogens (tertiary/aromatic N) is 1. The number of nitrogens with two attached hydrogens (primary N) is 1. The van der Waals surface area contributed by atoms with Crippen molar-refractivity contribution in [2.45, 2.75) is 13.3 Å². The van der Waals surface area contributed by atoms with Gasteiger partial charge in [-0.25, -0.2) is 5.26 Å². The van der Waals surface area contributed by atoms with E-state index in [2.05, 4.69) is 11.5 Å². The Labute approximate surface area is 71.3 Å². The number of carbonyl (C=O) groups is 1. The topological polar surface area (TPSA) is 75.8 Å². The van der Waals surface area contributed by atoms with E-state index in [1.54, 1.807) is 0 Å². The first-order chi connectivity index (χ1) is 5.67. The van der Waals surface area contributed by atoms with Crippen LogP contribution in [-0.4, -0.2) is 29.2 Å². The highest BCUT2D eigenvalue weighted by Gasteiger charge is 2.14. The average molecular weight is 174 g/mol. The number of hydrogen-bond acceptors (Lipinski definition) is 4. The van der Waals surface area contributed by atoms with E-state index in [9.17, 15) is 4.79 Å². The molecule has 5 nitrogen and oxygen atoms in total. The summed E-state index contributed by atoms with van der Waals surface area (Å²) in [6.45, 7) is 5.55. The average Bonchev–Trinajstić information content (AvgIpc) is 2.11. The normalized spacial score (nSPS) is 9.25. The molecule has 0 saturated carbocycles.